The van der Waals surface area contributed by atoms with Gasteiger partial charge in [-0.3, -0.25) is 9.59 Å². The summed E-state index contributed by atoms with van der Waals surface area (Å²) in [7, 11) is 0. The molecule has 1 fully saturated rings. The highest BCUT2D eigenvalue weighted by Crippen LogP contribution is 2.28. The first kappa shape index (κ1) is 14.5. The Morgan fingerprint density at radius 2 is 1.80 bits per heavy atom. The van der Waals surface area contributed by atoms with E-state index in [1.807, 2.05) is 30.3 Å². The molecule has 1 atom stereocenters. The highest BCUT2D eigenvalue weighted by molar-refractivity contribution is 5.82. The largest absolute Gasteiger partial charge is 0.354 e. The average Bonchev–Trinajstić information content (AvgIpc) is 3.28. The number of rotatable bonds is 7. The van der Waals surface area contributed by atoms with Crippen molar-refractivity contribution in [1.82, 2.24) is 10.6 Å². The van der Waals surface area contributed by atoms with Gasteiger partial charge in [0, 0.05) is 19.0 Å². The molecular weight excluding hydrogens is 254 g/mol. The monoisotopic (exact) mass is 275 g/mol. The van der Waals surface area contributed by atoms with Crippen molar-refractivity contribution in [3.8, 4) is 0 Å². The summed E-state index contributed by atoms with van der Waals surface area (Å²) in [4.78, 5) is 23.2. The molecule has 5 nitrogen and oxygen atoms in total. The van der Waals surface area contributed by atoms with Crippen molar-refractivity contribution in [2.45, 2.75) is 25.3 Å². The number of benzene rings is 1. The Morgan fingerprint density at radius 3 is 2.45 bits per heavy atom. The van der Waals surface area contributed by atoms with Crippen molar-refractivity contribution in [2.24, 2.45) is 11.7 Å². The van der Waals surface area contributed by atoms with Crippen molar-refractivity contribution in [1.29, 1.82) is 0 Å². The molecule has 0 spiro atoms. The van der Waals surface area contributed by atoms with Crippen molar-refractivity contribution in [3.63, 3.8) is 0 Å². The van der Waals surface area contributed by atoms with Crippen LogP contribution in [0.25, 0.3) is 0 Å². The summed E-state index contributed by atoms with van der Waals surface area (Å²) in [6.45, 7) is 0.874. The molecule has 1 aromatic carbocycles. The van der Waals surface area contributed by atoms with E-state index in [4.69, 9.17) is 5.73 Å². The van der Waals surface area contributed by atoms with Gasteiger partial charge in [-0.25, -0.2) is 0 Å². The Morgan fingerprint density at radius 1 is 1.15 bits per heavy atom. The lowest BCUT2D eigenvalue weighted by Gasteiger charge is -2.12. The van der Waals surface area contributed by atoms with Crippen LogP contribution in [-0.2, 0) is 16.0 Å². The molecule has 0 radical (unpaired) electrons. The van der Waals surface area contributed by atoms with E-state index in [-0.39, 0.29) is 17.7 Å². The highest BCUT2D eigenvalue weighted by atomic mass is 16.2. The van der Waals surface area contributed by atoms with Crippen molar-refractivity contribution >= 4 is 11.8 Å². The van der Waals surface area contributed by atoms with Gasteiger partial charge in [0.05, 0.1) is 6.04 Å². The summed E-state index contributed by atoms with van der Waals surface area (Å²) in [6, 6.07) is 9.11. The molecule has 1 aliphatic rings. The minimum absolute atomic E-state index is 0.0906. The molecule has 1 unspecified atom stereocenters. The summed E-state index contributed by atoms with van der Waals surface area (Å²) in [6.07, 6.45) is 2.49. The lowest BCUT2D eigenvalue weighted by atomic mass is 10.1. The van der Waals surface area contributed by atoms with Gasteiger partial charge in [-0.15, -0.1) is 0 Å². The van der Waals surface area contributed by atoms with Gasteiger partial charge in [0.25, 0.3) is 0 Å². The molecule has 0 heterocycles. The van der Waals surface area contributed by atoms with E-state index in [2.05, 4.69) is 10.6 Å². The standard InChI is InChI=1S/C15H21N3O2/c16-13(10-11-4-2-1-3-5-11)15(20)18-9-8-17-14(19)12-6-7-12/h1-5,12-13H,6-10,16H2,(H,17,19)(H,18,20). The normalized spacial score (nSPS) is 15.4. The van der Waals surface area contributed by atoms with Crippen LogP contribution < -0.4 is 16.4 Å². The van der Waals surface area contributed by atoms with Gasteiger partial charge >= 0.3 is 0 Å². The summed E-state index contributed by atoms with van der Waals surface area (Å²) in [5.74, 6) is 0.105. The third-order valence-electron chi connectivity index (χ3n) is 3.31. The van der Waals surface area contributed by atoms with Crippen LogP contribution in [0.1, 0.15) is 18.4 Å². The summed E-state index contributed by atoms with van der Waals surface area (Å²) < 4.78 is 0. The molecule has 1 aromatic rings. The molecule has 2 rings (SSSR count). The van der Waals surface area contributed by atoms with Crippen LogP contribution in [0.5, 0.6) is 0 Å². The maximum absolute atomic E-state index is 11.8. The van der Waals surface area contributed by atoms with E-state index in [9.17, 15) is 9.59 Å². The fourth-order valence-electron chi connectivity index (χ4n) is 1.95. The second-order valence-corrected chi connectivity index (χ2v) is 5.15. The van der Waals surface area contributed by atoms with Crippen molar-refractivity contribution < 1.29 is 9.59 Å². The predicted octanol–water partition coefficient (Wildman–Crippen LogP) is 0.199. The maximum atomic E-state index is 11.8. The van der Waals surface area contributed by atoms with Crippen LogP contribution in [0.3, 0.4) is 0 Å². The molecule has 0 aliphatic heterocycles. The third-order valence-corrected chi connectivity index (χ3v) is 3.31. The third kappa shape index (κ3) is 4.66. The summed E-state index contributed by atoms with van der Waals surface area (Å²) >= 11 is 0. The van der Waals surface area contributed by atoms with Gasteiger partial charge < -0.3 is 16.4 Å². The first-order valence-electron chi connectivity index (χ1n) is 7.02. The van der Waals surface area contributed by atoms with Crippen molar-refractivity contribution in [2.75, 3.05) is 13.1 Å². The molecule has 108 valence electrons. The molecule has 2 amide bonds. The number of carbonyl (C=O) groups excluding carboxylic acids is 2. The number of nitrogens with one attached hydrogen (secondary N) is 2. The van der Waals surface area contributed by atoms with E-state index in [0.717, 1.165) is 18.4 Å². The lowest BCUT2D eigenvalue weighted by molar-refractivity contribution is -0.124. The molecule has 1 aliphatic carbocycles. The van der Waals surface area contributed by atoms with E-state index in [1.54, 1.807) is 0 Å². The Hall–Kier alpha value is -1.88. The summed E-state index contributed by atoms with van der Waals surface area (Å²) in [5, 5.41) is 5.53. The maximum Gasteiger partial charge on any atom is 0.237 e. The quantitative estimate of drug-likeness (QED) is 0.621. The molecular formula is C15H21N3O2. The fourth-order valence-corrected chi connectivity index (χ4v) is 1.95. The number of amides is 2. The first-order valence-corrected chi connectivity index (χ1v) is 7.02. The first-order chi connectivity index (χ1) is 9.66. The number of hydrogen-bond acceptors (Lipinski definition) is 3. The van der Waals surface area contributed by atoms with Gasteiger partial charge in [0.2, 0.25) is 11.8 Å². The second kappa shape index (κ2) is 7.05. The SMILES string of the molecule is NC(Cc1ccccc1)C(=O)NCCNC(=O)C1CC1. The number of nitrogens with two attached hydrogens (primary N) is 1. The molecule has 1 saturated carbocycles. The Bertz CT molecular complexity index is 457. The van der Waals surface area contributed by atoms with Crippen LogP contribution in [0, 0.1) is 5.92 Å². The average molecular weight is 275 g/mol. The zero-order valence-corrected chi connectivity index (χ0v) is 11.5. The molecule has 5 heteroatoms. The van der Waals surface area contributed by atoms with Gasteiger partial charge in [-0.2, -0.15) is 0 Å². The highest BCUT2D eigenvalue weighted by Gasteiger charge is 2.29. The lowest BCUT2D eigenvalue weighted by Crippen LogP contribution is -2.44. The Labute approximate surface area is 118 Å². The predicted molar refractivity (Wildman–Crippen MR) is 76.9 cm³/mol. The number of hydrogen-bond donors (Lipinski definition) is 3. The molecule has 0 bridgehead atoms. The Balaban J connectivity index is 1.62. The Kier molecular flexibility index (Phi) is 5.12. The number of carbonyl (C=O) groups is 2. The topological polar surface area (TPSA) is 84.2 Å². The van der Waals surface area contributed by atoms with E-state index in [0.29, 0.717) is 19.5 Å². The van der Waals surface area contributed by atoms with Gasteiger partial charge in [0.15, 0.2) is 0 Å². The van der Waals surface area contributed by atoms with Gasteiger partial charge in [-0.1, -0.05) is 30.3 Å². The van der Waals surface area contributed by atoms with Crippen LogP contribution in [0.2, 0.25) is 0 Å². The minimum Gasteiger partial charge on any atom is -0.354 e. The van der Waals surface area contributed by atoms with E-state index >= 15 is 0 Å². The van der Waals surface area contributed by atoms with Crippen LogP contribution in [0.4, 0.5) is 0 Å². The second-order valence-electron chi connectivity index (χ2n) is 5.15. The smallest absolute Gasteiger partial charge is 0.237 e. The van der Waals surface area contributed by atoms with Crippen LogP contribution >= 0.6 is 0 Å². The van der Waals surface area contributed by atoms with Gasteiger partial charge in [-0.05, 0) is 24.8 Å². The zero-order valence-electron chi connectivity index (χ0n) is 11.5. The summed E-state index contributed by atoms with van der Waals surface area (Å²) in [5.41, 5.74) is 6.89. The zero-order chi connectivity index (χ0) is 14.4. The molecule has 0 saturated heterocycles. The molecule has 4 N–H and O–H groups in total. The molecule has 0 aromatic heterocycles. The van der Waals surface area contributed by atoms with E-state index < -0.39 is 6.04 Å². The fraction of sp³-hybridized carbons (Fsp3) is 0.467. The van der Waals surface area contributed by atoms with Gasteiger partial charge in [0.1, 0.15) is 0 Å². The minimum atomic E-state index is -0.559. The van der Waals surface area contributed by atoms with Crippen LogP contribution in [0.15, 0.2) is 30.3 Å². The van der Waals surface area contributed by atoms with Crippen molar-refractivity contribution in [3.05, 3.63) is 35.9 Å². The van der Waals surface area contributed by atoms with E-state index in [1.165, 1.54) is 0 Å². The van der Waals surface area contributed by atoms with Crippen LogP contribution in [-0.4, -0.2) is 30.9 Å². The molecule has 20 heavy (non-hydrogen) atoms.